The highest BCUT2D eigenvalue weighted by atomic mass is 79.9. The zero-order valence-electron chi connectivity index (χ0n) is 9.45. The molecule has 0 aliphatic carbocycles. The fraction of sp³-hybridized carbons (Fsp3) is 0.500. The van der Waals surface area contributed by atoms with E-state index in [2.05, 4.69) is 39.9 Å². The normalized spacial score (nSPS) is 21.2. The molecule has 0 saturated carbocycles. The van der Waals surface area contributed by atoms with E-state index in [-0.39, 0.29) is 0 Å². The van der Waals surface area contributed by atoms with E-state index in [1.54, 1.807) is 0 Å². The minimum absolute atomic E-state index is 0.290. The minimum Gasteiger partial charge on any atom is -0.375 e. The molecule has 0 amide bonds. The number of hydrogen-bond acceptors (Lipinski definition) is 3. The highest BCUT2D eigenvalue weighted by Gasteiger charge is 2.19. The van der Waals surface area contributed by atoms with Crippen molar-refractivity contribution in [3.05, 3.63) is 28.2 Å². The molecule has 2 N–H and O–H groups in total. The van der Waals surface area contributed by atoms with Crippen LogP contribution in [-0.4, -0.2) is 25.8 Å². The average molecular weight is 285 g/mol. The maximum Gasteiger partial charge on any atom is 0.0722 e. The van der Waals surface area contributed by atoms with E-state index >= 15 is 0 Å². The van der Waals surface area contributed by atoms with Crippen molar-refractivity contribution in [2.45, 2.75) is 19.6 Å². The van der Waals surface area contributed by atoms with Crippen molar-refractivity contribution in [3.8, 4) is 0 Å². The lowest BCUT2D eigenvalue weighted by Gasteiger charge is -2.34. The highest BCUT2D eigenvalue weighted by Crippen LogP contribution is 2.28. The molecule has 1 unspecified atom stereocenters. The average Bonchev–Trinajstić information content (AvgIpc) is 2.28. The summed E-state index contributed by atoms with van der Waals surface area (Å²) < 4.78 is 6.64. The summed E-state index contributed by atoms with van der Waals surface area (Å²) in [6, 6.07) is 6.22. The maximum atomic E-state index is 5.80. The first-order valence-corrected chi connectivity index (χ1v) is 6.35. The van der Waals surface area contributed by atoms with Gasteiger partial charge in [0, 0.05) is 35.4 Å². The number of morpholine rings is 1. The fourth-order valence-electron chi connectivity index (χ4n) is 2.08. The molecule has 1 aliphatic rings. The predicted octanol–water partition coefficient (Wildman–Crippen LogP) is 2.13. The Morgan fingerprint density at radius 1 is 1.56 bits per heavy atom. The third-order valence-electron chi connectivity index (χ3n) is 2.88. The van der Waals surface area contributed by atoms with Crippen LogP contribution in [0.15, 0.2) is 22.7 Å². The van der Waals surface area contributed by atoms with Gasteiger partial charge in [0.15, 0.2) is 0 Å². The van der Waals surface area contributed by atoms with Crippen molar-refractivity contribution in [2.75, 3.05) is 24.6 Å². The second-order valence-electron chi connectivity index (χ2n) is 4.07. The second kappa shape index (κ2) is 5.17. The maximum absolute atomic E-state index is 5.80. The summed E-state index contributed by atoms with van der Waals surface area (Å²) in [7, 11) is 0. The van der Waals surface area contributed by atoms with Gasteiger partial charge >= 0.3 is 0 Å². The van der Waals surface area contributed by atoms with Gasteiger partial charge in [-0.1, -0.05) is 22.0 Å². The molecule has 0 bridgehead atoms. The zero-order chi connectivity index (χ0) is 11.5. The van der Waals surface area contributed by atoms with Crippen LogP contribution in [0.2, 0.25) is 0 Å². The number of halogens is 1. The first-order chi connectivity index (χ1) is 7.72. The van der Waals surface area contributed by atoms with Gasteiger partial charge in [0.1, 0.15) is 0 Å². The Kier molecular flexibility index (Phi) is 3.84. The van der Waals surface area contributed by atoms with E-state index in [0.29, 0.717) is 12.6 Å². The van der Waals surface area contributed by atoms with Gasteiger partial charge < -0.3 is 15.4 Å². The molecule has 1 aromatic carbocycles. The van der Waals surface area contributed by atoms with Crippen LogP contribution in [0.5, 0.6) is 0 Å². The largest absolute Gasteiger partial charge is 0.375 e. The summed E-state index contributed by atoms with van der Waals surface area (Å²) in [4.78, 5) is 2.35. The number of rotatable bonds is 2. The number of nitrogens with two attached hydrogens (primary N) is 1. The smallest absolute Gasteiger partial charge is 0.0722 e. The van der Waals surface area contributed by atoms with Crippen LogP contribution in [0.4, 0.5) is 5.69 Å². The monoisotopic (exact) mass is 284 g/mol. The Morgan fingerprint density at radius 2 is 2.38 bits per heavy atom. The van der Waals surface area contributed by atoms with Crippen molar-refractivity contribution in [2.24, 2.45) is 5.73 Å². The lowest BCUT2D eigenvalue weighted by atomic mass is 10.1. The number of benzene rings is 1. The minimum atomic E-state index is 0.290. The molecular weight excluding hydrogens is 268 g/mol. The molecule has 1 aromatic rings. The van der Waals surface area contributed by atoms with Crippen LogP contribution in [0.1, 0.15) is 12.5 Å². The highest BCUT2D eigenvalue weighted by molar-refractivity contribution is 9.10. The number of ether oxygens (including phenoxy) is 1. The molecule has 3 nitrogen and oxygen atoms in total. The van der Waals surface area contributed by atoms with Gasteiger partial charge in [-0.05, 0) is 19.1 Å². The summed E-state index contributed by atoms with van der Waals surface area (Å²) in [5.41, 5.74) is 8.21. The zero-order valence-corrected chi connectivity index (χ0v) is 11.0. The van der Waals surface area contributed by atoms with Gasteiger partial charge in [0.05, 0.1) is 12.7 Å². The van der Waals surface area contributed by atoms with Crippen LogP contribution in [0.25, 0.3) is 0 Å². The van der Waals surface area contributed by atoms with Gasteiger partial charge in [-0.2, -0.15) is 0 Å². The van der Waals surface area contributed by atoms with Gasteiger partial charge in [0.2, 0.25) is 0 Å². The third kappa shape index (κ3) is 2.39. The van der Waals surface area contributed by atoms with Crippen molar-refractivity contribution in [3.63, 3.8) is 0 Å². The third-order valence-corrected chi connectivity index (χ3v) is 3.62. The second-order valence-corrected chi connectivity index (χ2v) is 4.92. The van der Waals surface area contributed by atoms with Crippen molar-refractivity contribution < 1.29 is 4.74 Å². The van der Waals surface area contributed by atoms with Gasteiger partial charge in [-0.25, -0.2) is 0 Å². The van der Waals surface area contributed by atoms with Crippen LogP contribution in [0, 0.1) is 0 Å². The molecule has 1 atom stereocenters. The van der Waals surface area contributed by atoms with Crippen LogP contribution < -0.4 is 10.6 Å². The quantitative estimate of drug-likeness (QED) is 0.904. The van der Waals surface area contributed by atoms with Crippen LogP contribution in [0.3, 0.4) is 0 Å². The molecular formula is C12H17BrN2O. The predicted molar refractivity (Wildman–Crippen MR) is 69.7 cm³/mol. The molecule has 1 fully saturated rings. The Morgan fingerprint density at radius 3 is 3.06 bits per heavy atom. The standard InChI is InChI=1S/C12H17BrN2O/c1-9-8-15(5-6-16-9)12-4-2-3-11(13)10(12)7-14/h2-4,9H,5-8,14H2,1H3. The molecule has 0 spiro atoms. The topological polar surface area (TPSA) is 38.5 Å². The molecule has 4 heteroatoms. The molecule has 88 valence electrons. The van der Waals surface area contributed by atoms with E-state index in [0.717, 1.165) is 24.2 Å². The molecule has 0 radical (unpaired) electrons. The SMILES string of the molecule is CC1CN(c2cccc(Br)c2CN)CCO1. The van der Waals surface area contributed by atoms with Gasteiger partial charge in [-0.15, -0.1) is 0 Å². The van der Waals surface area contributed by atoms with Crippen molar-refractivity contribution in [1.29, 1.82) is 0 Å². The summed E-state index contributed by atoms with van der Waals surface area (Å²) in [5.74, 6) is 0. The lowest BCUT2D eigenvalue weighted by molar-refractivity contribution is 0.0531. The Hall–Kier alpha value is -0.580. The van der Waals surface area contributed by atoms with Crippen molar-refractivity contribution >= 4 is 21.6 Å². The van der Waals surface area contributed by atoms with Gasteiger partial charge in [0.25, 0.3) is 0 Å². The molecule has 16 heavy (non-hydrogen) atoms. The molecule has 2 rings (SSSR count). The van der Waals surface area contributed by atoms with Gasteiger partial charge in [-0.3, -0.25) is 0 Å². The lowest BCUT2D eigenvalue weighted by Crippen LogP contribution is -2.41. The molecule has 1 saturated heterocycles. The summed E-state index contributed by atoms with van der Waals surface area (Å²) in [6.45, 7) is 5.32. The van der Waals surface area contributed by atoms with Crippen molar-refractivity contribution in [1.82, 2.24) is 0 Å². The summed E-state index contributed by atoms with van der Waals surface area (Å²) in [6.07, 6.45) is 0.290. The Balaban J connectivity index is 2.28. The van der Waals surface area contributed by atoms with Crippen LogP contribution in [-0.2, 0) is 11.3 Å². The Bertz CT molecular complexity index is 370. The van der Waals surface area contributed by atoms with E-state index in [1.165, 1.54) is 11.3 Å². The molecule has 0 aromatic heterocycles. The number of nitrogens with zero attached hydrogens (tertiary/aromatic N) is 1. The number of hydrogen-bond donors (Lipinski definition) is 1. The summed E-state index contributed by atoms with van der Waals surface area (Å²) in [5, 5.41) is 0. The van der Waals surface area contributed by atoms with E-state index in [9.17, 15) is 0 Å². The van der Waals surface area contributed by atoms with E-state index in [1.807, 2.05) is 6.07 Å². The number of anilines is 1. The van der Waals surface area contributed by atoms with E-state index < -0.39 is 0 Å². The first kappa shape index (κ1) is 11.9. The Labute approximate surface area is 105 Å². The first-order valence-electron chi connectivity index (χ1n) is 5.56. The van der Waals surface area contributed by atoms with E-state index in [4.69, 9.17) is 10.5 Å². The van der Waals surface area contributed by atoms with Crippen LogP contribution >= 0.6 is 15.9 Å². The fourth-order valence-corrected chi connectivity index (χ4v) is 2.60. The summed E-state index contributed by atoms with van der Waals surface area (Å²) >= 11 is 3.55. The molecule has 1 heterocycles. The molecule has 1 aliphatic heterocycles.